The maximum Gasteiger partial charge on any atom is 0.305 e. The SMILES string of the molecule is CC(=O)N[C@H]1C(OC(C)=O)O[C@H](COC(C)=O)[C@@H](O[C@@H]2O[C@H](CO)[C@H](O)[C@H](OC(C)=O)[C@H]2OC(C)=O)[C@@H]1OC(C)=O. The van der Waals surface area contributed by atoms with Crippen LogP contribution in [0.4, 0.5) is 0 Å². The van der Waals surface area contributed by atoms with Crippen molar-refractivity contribution in [3.63, 3.8) is 0 Å². The molecule has 41 heavy (non-hydrogen) atoms. The Morgan fingerprint density at radius 3 is 1.66 bits per heavy atom. The number of nitrogens with one attached hydrogen (secondary N) is 1. The average Bonchev–Trinajstić information content (AvgIpc) is 2.83. The van der Waals surface area contributed by atoms with Crippen molar-refractivity contribution in [2.45, 2.75) is 103 Å². The number of carbonyl (C=O) groups excluding carboxylic acids is 6. The molecule has 0 aliphatic carbocycles. The molecule has 3 N–H and O–H groups in total. The Labute approximate surface area is 234 Å². The lowest BCUT2D eigenvalue weighted by molar-refractivity contribution is -0.347. The summed E-state index contributed by atoms with van der Waals surface area (Å²) < 4.78 is 43.6. The first-order chi connectivity index (χ1) is 19.1. The smallest absolute Gasteiger partial charge is 0.305 e. The molecular weight excluding hydrogens is 558 g/mol. The topological polar surface area (TPSA) is 229 Å². The van der Waals surface area contributed by atoms with E-state index in [1.807, 2.05) is 0 Å². The van der Waals surface area contributed by atoms with Crippen LogP contribution in [0.2, 0.25) is 0 Å². The maximum atomic E-state index is 12.2. The van der Waals surface area contributed by atoms with E-state index in [0.717, 1.165) is 41.5 Å². The molecule has 0 spiro atoms. The molecule has 17 heteroatoms. The van der Waals surface area contributed by atoms with Gasteiger partial charge in [-0.15, -0.1) is 0 Å². The summed E-state index contributed by atoms with van der Waals surface area (Å²) in [6.45, 7) is 5.06. The minimum absolute atomic E-state index is 0.549. The van der Waals surface area contributed by atoms with Gasteiger partial charge < -0.3 is 53.4 Å². The Morgan fingerprint density at radius 2 is 1.17 bits per heavy atom. The van der Waals surface area contributed by atoms with E-state index in [1.165, 1.54) is 0 Å². The fraction of sp³-hybridized carbons (Fsp3) is 0.750. The zero-order valence-electron chi connectivity index (χ0n) is 23.3. The predicted molar refractivity (Wildman–Crippen MR) is 128 cm³/mol. The van der Waals surface area contributed by atoms with E-state index >= 15 is 0 Å². The highest BCUT2D eigenvalue weighted by Crippen LogP contribution is 2.33. The zero-order valence-corrected chi connectivity index (χ0v) is 23.3. The van der Waals surface area contributed by atoms with Gasteiger partial charge in [0.1, 0.15) is 37.1 Å². The third-order valence-electron chi connectivity index (χ3n) is 5.75. The fourth-order valence-electron chi connectivity index (χ4n) is 4.33. The summed E-state index contributed by atoms with van der Waals surface area (Å²) in [5.41, 5.74) is 0. The first kappa shape index (κ1) is 33.8. The van der Waals surface area contributed by atoms with E-state index in [0.29, 0.717) is 0 Å². The van der Waals surface area contributed by atoms with E-state index in [4.69, 9.17) is 37.9 Å². The lowest BCUT2D eigenvalue weighted by Gasteiger charge is -2.48. The number of amides is 1. The standard InChI is InChI=1S/C24H35NO16/c1-9(27)25-17-20(35-11(3)29)19(16(8-34-10(2)28)40-23(17)38-14(6)32)41-24-22(37-13(5)31)21(36-12(4)30)18(33)15(7-26)39-24/h15-24,26,33H,7-8H2,1-6H3,(H,25,27)/t15-,16-,17-,18+,19-,20-,21+,22-,23?,24+/m1/s1. The fourth-order valence-corrected chi connectivity index (χ4v) is 4.33. The average molecular weight is 594 g/mol. The summed E-state index contributed by atoms with van der Waals surface area (Å²) in [5.74, 6) is -4.84. The molecule has 2 heterocycles. The lowest BCUT2D eigenvalue weighted by atomic mass is 9.95. The van der Waals surface area contributed by atoms with Gasteiger partial charge in [0.25, 0.3) is 0 Å². The van der Waals surface area contributed by atoms with Gasteiger partial charge in [-0.1, -0.05) is 0 Å². The number of hydrogen-bond donors (Lipinski definition) is 3. The second-order valence-electron chi connectivity index (χ2n) is 9.22. The number of aliphatic hydroxyl groups excluding tert-OH is 2. The van der Waals surface area contributed by atoms with Crippen molar-refractivity contribution in [3.05, 3.63) is 0 Å². The van der Waals surface area contributed by atoms with Gasteiger partial charge in [-0.05, 0) is 0 Å². The molecule has 0 radical (unpaired) electrons. The quantitative estimate of drug-likeness (QED) is 0.177. The monoisotopic (exact) mass is 593 g/mol. The van der Waals surface area contributed by atoms with Crippen LogP contribution < -0.4 is 5.32 Å². The molecule has 0 aromatic heterocycles. The van der Waals surface area contributed by atoms with Crippen molar-refractivity contribution in [1.82, 2.24) is 5.32 Å². The molecule has 2 aliphatic rings. The van der Waals surface area contributed by atoms with E-state index in [-0.39, 0.29) is 0 Å². The Hall–Kier alpha value is -3.38. The van der Waals surface area contributed by atoms with Crippen molar-refractivity contribution < 1.29 is 76.9 Å². The Morgan fingerprint density at radius 1 is 0.659 bits per heavy atom. The van der Waals surface area contributed by atoms with Crippen LogP contribution >= 0.6 is 0 Å². The van der Waals surface area contributed by atoms with Crippen LogP contribution in [0.5, 0.6) is 0 Å². The van der Waals surface area contributed by atoms with Crippen molar-refractivity contribution >= 4 is 35.8 Å². The molecule has 10 atom stereocenters. The number of aliphatic hydroxyl groups is 2. The van der Waals surface area contributed by atoms with Gasteiger partial charge in [-0.3, -0.25) is 28.8 Å². The summed E-state index contributed by atoms with van der Waals surface area (Å²) in [6.07, 6.45) is -14.0. The number of carbonyl (C=O) groups is 6. The first-order valence-corrected chi connectivity index (χ1v) is 12.5. The van der Waals surface area contributed by atoms with E-state index in [1.54, 1.807) is 0 Å². The largest absolute Gasteiger partial charge is 0.463 e. The molecule has 2 rings (SSSR count). The van der Waals surface area contributed by atoms with E-state index in [2.05, 4.69) is 5.32 Å². The number of hydrogen-bond acceptors (Lipinski definition) is 16. The molecule has 2 fully saturated rings. The van der Waals surface area contributed by atoms with Gasteiger partial charge in [0.2, 0.25) is 12.2 Å². The molecular formula is C24H35NO16. The van der Waals surface area contributed by atoms with Gasteiger partial charge in [0.05, 0.1) is 6.61 Å². The van der Waals surface area contributed by atoms with Gasteiger partial charge in [-0.2, -0.15) is 0 Å². The minimum Gasteiger partial charge on any atom is -0.463 e. The van der Waals surface area contributed by atoms with Crippen molar-refractivity contribution in [2.24, 2.45) is 0 Å². The normalized spacial score (nSPS) is 33.1. The molecule has 0 saturated carbocycles. The van der Waals surface area contributed by atoms with Gasteiger partial charge in [0.15, 0.2) is 24.6 Å². The molecule has 1 amide bonds. The van der Waals surface area contributed by atoms with E-state index < -0.39 is 110 Å². The second kappa shape index (κ2) is 15.0. The van der Waals surface area contributed by atoms with Gasteiger partial charge in [0, 0.05) is 41.5 Å². The Balaban J connectivity index is 2.61. The molecule has 1 unspecified atom stereocenters. The molecule has 17 nitrogen and oxygen atoms in total. The summed E-state index contributed by atoms with van der Waals surface area (Å²) in [4.78, 5) is 71.4. The highest BCUT2D eigenvalue weighted by molar-refractivity contribution is 5.74. The van der Waals surface area contributed by atoms with Crippen LogP contribution in [0.3, 0.4) is 0 Å². The summed E-state index contributed by atoms with van der Waals surface area (Å²) in [7, 11) is 0. The highest BCUT2D eigenvalue weighted by Gasteiger charge is 2.56. The van der Waals surface area contributed by atoms with Gasteiger partial charge >= 0.3 is 29.8 Å². The van der Waals surface area contributed by atoms with Crippen LogP contribution in [-0.4, -0.2) is 121 Å². The number of esters is 5. The second-order valence-corrected chi connectivity index (χ2v) is 9.22. The molecule has 0 aromatic rings. The van der Waals surface area contributed by atoms with Crippen molar-refractivity contribution in [3.8, 4) is 0 Å². The predicted octanol–water partition coefficient (Wildman–Crippen LogP) is -2.40. The van der Waals surface area contributed by atoms with Crippen LogP contribution in [0.1, 0.15) is 41.5 Å². The first-order valence-electron chi connectivity index (χ1n) is 12.5. The Bertz CT molecular complexity index is 987. The number of ether oxygens (including phenoxy) is 8. The summed E-state index contributed by atoms with van der Waals surface area (Å²) in [5, 5.41) is 22.9. The molecule has 0 aromatic carbocycles. The molecule has 232 valence electrons. The van der Waals surface area contributed by atoms with Crippen LogP contribution in [0.25, 0.3) is 0 Å². The summed E-state index contributed by atoms with van der Waals surface area (Å²) >= 11 is 0. The molecule has 2 aliphatic heterocycles. The molecule has 0 bridgehead atoms. The lowest BCUT2D eigenvalue weighted by Crippen LogP contribution is -2.69. The summed E-state index contributed by atoms with van der Waals surface area (Å²) in [6, 6.07) is -1.38. The molecule has 2 saturated heterocycles. The Kier molecular flexibility index (Phi) is 12.4. The minimum atomic E-state index is -1.72. The van der Waals surface area contributed by atoms with Crippen LogP contribution in [-0.2, 0) is 66.7 Å². The maximum absolute atomic E-state index is 12.2. The van der Waals surface area contributed by atoms with E-state index in [9.17, 15) is 39.0 Å². The van der Waals surface area contributed by atoms with Crippen LogP contribution in [0, 0.1) is 0 Å². The number of rotatable bonds is 10. The zero-order chi connectivity index (χ0) is 31.0. The highest BCUT2D eigenvalue weighted by atomic mass is 16.8. The van der Waals surface area contributed by atoms with Crippen molar-refractivity contribution in [2.75, 3.05) is 13.2 Å². The van der Waals surface area contributed by atoms with Gasteiger partial charge in [-0.25, -0.2) is 0 Å². The third-order valence-corrected chi connectivity index (χ3v) is 5.75. The third kappa shape index (κ3) is 9.60. The van der Waals surface area contributed by atoms with Crippen LogP contribution in [0.15, 0.2) is 0 Å². The van der Waals surface area contributed by atoms with Crippen molar-refractivity contribution in [1.29, 1.82) is 0 Å².